The second-order valence-electron chi connectivity index (χ2n) is 8.84. The number of oxazole rings is 1. The van der Waals surface area contributed by atoms with E-state index in [0.29, 0.717) is 39.7 Å². The third-order valence-electron chi connectivity index (χ3n) is 5.33. The van der Waals surface area contributed by atoms with Crippen molar-refractivity contribution in [2.45, 2.75) is 32.6 Å². The molecule has 1 aliphatic heterocycles. The van der Waals surface area contributed by atoms with Crippen LogP contribution in [0.3, 0.4) is 0 Å². The van der Waals surface area contributed by atoms with Crippen LogP contribution in [0.1, 0.15) is 32.8 Å². The van der Waals surface area contributed by atoms with Gasteiger partial charge in [-0.25, -0.2) is 14.0 Å². The Morgan fingerprint density at radius 2 is 1.97 bits per heavy atom. The Labute approximate surface area is 194 Å². The molecule has 10 heteroatoms. The number of hydrogen-bond acceptors (Lipinski definition) is 6. The van der Waals surface area contributed by atoms with Crippen molar-refractivity contribution in [3.05, 3.63) is 35.9 Å². The highest BCUT2D eigenvalue weighted by atomic mass is 32.2. The summed E-state index contributed by atoms with van der Waals surface area (Å²) < 4.78 is 26.2. The molecule has 2 heterocycles. The number of rotatable bonds is 5. The molecule has 174 valence electrons. The predicted molar refractivity (Wildman–Crippen MR) is 128 cm³/mol. The lowest BCUT2D eigenvalue weighted by Gasteiger charge is -2.30. The molecule has 0 spiro atoms. The van der Waals surface area contributed by atoms with Crippen molar-refractivity contribution in [3.63, 3.8) is 0 Å². The fraction of sp³-hybridized carbons (Fsp3) is 0.348. The van der Waals surface area contributed by atoms with Crippen LogP contribution in [0.5, 0.6) is 5.75 Å². The number of methoxy groups -OCH3 is 1. The van der Waals surface area contributed by atoms with Gasteiger partial charge in [-0.1, -0.05) is 20.8 Å². The molecule has 0 radical (unpaired) electrons. The van der Waals surface area contributed by atoms with E-state index in [4.69, 9.17) is 9.15 Å². The van der Waals surface area contributed by atoms with Gasteiger partial charge >= 0.3 is 6.03 Å². The first kappa shape index (κ1) is 22.8. The highest BCUT2D eigenvalue weighted by Crippen LogP contribution is 2.43. The molecular formula is C23H26N4O5S. The average molecular weight is 471 g/mol. The summed E-state index contributed by atoms with van der Waals surface area (Å²) in [5.74, 6) is 0.633. The van der Waals surface area contributed by atoms with Crippen molar-refractivity contribution in [1.29, 1.82) is 0 Å². The molecule has 2 aromatic carbocycles. The Kier molecular flexibility index (Phi) is 5.87. The maximum absolute atomic E-state index is 12.5. The van der Waals surface area contributed by atoms with Crippen LogP contribution in [0.25, 0.3) is 22.6 Å². The minimum absolute atomic E-state index is 0.218. The van der Waals surface area contributed by atoms with Gasteiger partial charge < -0.3 is 13.9 Å². The second kappa shape index (κ2) is 8.51. The summed E-state index contributed by atoms with van der Waals surface area (Å²) in [5, 5.41) is 2.36. The van der Waals surface area contributed by atoms with Gasteiger partial charge in [-0.2, -0.15) is 0 Å². The number of ether oxygens (including phenoxy) is 1. The standard InChI is InChI=1S/C23H26N4O5S/c1-23(2,3)16-12-14(27-9-8-19(28)25-22(27)29)11-15(20(16)31-4)21-24-17-10-13(26-33(5)30)6-7-18(17)32-21/h6-7,10-12,26H,8-9H2,1-5H3,(H,25,28,29). The molecule has 1 fully saturated rings. The first-order valence-electron chi connectivity index (χ1n) is 10.4. The number of fused-ring (bicyclic) bond motifs is 1. The number of urea groups is 1. The van der Waals surface area contributed by atoms with Crippen LogP contribution >= 0.6 is 0 Å². The van der Waals surface area contributed by atoms with E-state index >= 15 is 0 Å². The van der Waals surface area contributed by atoms with Gasteiger partial charge in [-0.05, 0) is 35.7 Å². The average Bonchev–Trinajstić information content (AvgIpc) is 3.15. The molecular weight excluding hydrogens is 444 g/mol. The van der Waals surface area contributed by atoms with E-state index in [-0.39, 0.29) is 24.3 Å². The predicted octanol–water partition coefficient (Wildman–Crippen LogP) is 3.95. The number of carbonyl (C=O) groups is 2. The van der Waals surface area contributed by atoms with Gasteiger partial charge in [0.15, 0.2) is 5.58 Å². The number of benzene rings is 2. The summed E-state index contributed by atoms with van der Waals surface area (Å²) in [6.45, 7) is 6.42. The van der Waals surface area contributed by atoms with E-state index in [1.54, 1.807) is 37.6 Å². The highest BCUT2D eigenvalue weighted by molar-refractivity contribution is 7.85. The maximum atomic E-state index is 12.5. The molecule has 1 unspecified atom stereocenters. The van der Waals surface area contributed by atoms with E-state index in [9.17, 15) is 13.8 Å². The number of imide groups is 1. The number of aromatic nitrogens is 1. The van der Waals surface area contributed by atoms with Crippen LogP contribution in [0, 0.1) is 0 Å². The number of amides is 3. The zero-order chi connectivity index (χ0) is 23.9. The van der Waals surface area contributed by atoms with Gasteiger partial charge in [-0.3, -0.25) is 15.0 Å². The van der Waals surface area contributed by atoms with Crippen LogP contribution in [-0.4, -0.2) is 41.0 Å². The number of nitrogens with zero attached hydrogens (tertiary/aromatic N) is 2. The van der Waals surface area contributed by atoms with Gasteiger partial charge in [0.2, 0.25) is 11.8 Å². The first-order valence-corrected chi connectivity index (χ1v) is 12.0. The molecule has 1 atom stereocenters. The number of carbonyl (C=O) groups excluding carboxylic acids is 2. The molecule has 4 rings (SSSR count). The van der Waals surface area contributed by atoms with Gasteiger partial charge in [0.25, 0.3) is 0 Å². The van der Waals surface area contributed by atoms with Crippen molar-refractivity contribution in [1.82, 2.24) is 10.3 Å². The van der Waals surface area contributed by atoms with Crippen LogP contribution in [0.4, 0.5) is 16.2 Å². The fourth-order valence-corrected chi connectivity index (χ4v) is 4.25. The van der Waals surface area contributed by atoms with Crippen molar-refractivity contribution in [3.8, 4) is 17.2 Å². The minimum atomic E-state index is -1.21. The third kappa shape index (κ3) is 4.56. The summed E-state index contributed by atoms with van der Waals surface area (Å²) in [7, 11) is 0.370. The Bertz CT molecular complexity index is 1280. The number of hydrogen-bond donors (Lipinski definition) is 2. The van der Waals surface area contributed by atoms with E-state index in [0.717, 1.165) is 5.56 Å². The first-order chi connectivity index (χ1) is 15.6. The normalized spacial score (nSPS) is 15.5. The molecule has 33 heavy (non-hydrogen) atoms. The second-order valence-corrected chi connectivity index (χ2v) is 9.95. The molecule has 3 amide bonds. The Balaban J connectivity index is 1.88. The van der Waals surface area contributed by atoms with E-state index in [1.165, 1.54) is 4.90 Å². The largest absolute Gasteiger partial charge is 0.496 e. The van der Waals surface area contributed by atoms with Crippen molar-refractivity contribution < 1.29 is 23.0 Å². The molecule has 2 N–H and O–H groups in total. The minimum Gasteiger partial charge on any atom is -0.496 e. The lowest BCUT2D eigenvalue weighted by Crippen LogP contribution is -2.49. The van der Waals surface area contributed by atoms with Crippen LogP contribution in [0.15, 0.2) is 34.7 Å². The van der Waals surface area contributed by atoms with E-state index < -0.39 is 17.0 Å². The number of nitrogens with one attached hydrogen (secondary N) is 2. The highest BCUT2D eigenvalue weighted by Gasteiger charge is 2.30. The monoisotopic (exact) mass is 470 g/mol. The van der Waals surface area contributed by atoms with Gasteiger partial charge in [0.1, 0.15) is 22.3 Å². The van der Waals surface area contributed by atoms with Gasteiger partial charge in [0.05, 0.1) is 12.7 Å². The summed E-state index contributed by atoms with van der Waals surface area (Å²) >= 11 is 0. The summed E-state index contributed by atoms with van der Waals surface area (Å²) in [6, 6.07) is 8.50. The van der Waals surface area contributed by atoms with Crippen LogP contribution in [-0.2, 0) is 21.2 Å². The fourth-order valence-electron chi connectivity index (χ4n) is 3.79. The number of anilines is 2. The molecule has 0 bridgehead atoms. The van der Waals surface area contributed by atoms with Crippen molar-refractivity contribution in [2.75, 3.05) is 29.5 Å². The third-order valence-corrected chi connectivity index (χ3v) is 5.85. The summed E-state index contributed by atoms with van der Waals surface area (Å²) in [4.78, 5) is 30.3. The molecule has 1 aliphatic rings. The molecule has 9 nitrogen and oxygen atoms in total. The topological polar surface area (TPSA) is 114 Å². The van der Waals surface area contributed by atoms with Gasteiger partial charge in [-0.15, -0.1) is 0 Å². The zero-order valence-corrected chi connectivity index (χ0v) is 20.0. The maximum Gasteiger partial charge on any atom is 0.328 e. The Morgan fingerprint density at radius 3 is 2.61 bits per heavy atom. The summed E-state index contributed by atoms with van der Waals surface area (Å²) in [6.07, 6.45) is 1.77. The van der Waals surface area contributed by atoms with Crippen molar-refractivity contribution >= 4 is 45.4 Å². The molecule has 1 aromatic heterocycles. The van der Waals surface area contributed by atoms with Crippen molar-refractivity contribution in [2.24, 2.45) is 0 Å². The quantitative estimate of drug-likeness (QED) is 0.584. The summed E-state index contributed by atoms with van der Waals surface area (Å²) in [5.41, 5.74) is 3.57. The molecule has 1 saturated heterocycles. The zero-order valence-electron chi connectivity index (χ0n) is 19.1. The SMILES string of the molecule is COc1c(-c2nc3cc(NS(C)=O)ccc3o2)cc(N2CCC(=O)NC2=O)cc1C(C)(C)C. The van der Waals surface area contributed by atoms with Gasteiger partial charge in [0, 0.05) is 36.2 Å². The molecule has 0 saturated carbocycles. The van der Waals surface area contributed by atoms with Crippen LogP contribution in [0.2, 0.25) is 0 Å². The molecule has 3 aromatic rings. The van der Waals surface area contributed by atoms with Crippen LogP contribution < -0.4 is 19.7 Å². The van der Waals surface area contributed by atoms with E-state index in [2.05, 4.69) is 15.0 Å². The van der Waals surface area contributed by atoms with E-state index in [1.807, 2.05) is 26.8 Å². The molecule has 0 aliphatic carbocycles. The lowest BCUT2D eigenvalue weighted by atomic mass is 9.84. The Hall–Kier alpha value is -3.40. The smallest absolute Gasteiger partial charge is 0.328 e. The lowest BCUT2D eigenvalue weighted by molar-refractivity contribution is -0.120. The Morgan fingerprint density at radius 1 is 1.21 bits per heavy atom.